The summed E-state index contributed by atoms with van der Waals surface area (Å²) in [5.74, 6) is 0.388. The van der Waals surface area contributed by atoms with Crippen molar-refractivity contribution in [3.05, 3.63) is 41.1 Å². The third-order valence-corrected chi connectivity index (χ3v) is 6.53. The Hall–Kier alpha value is -1.62. The van der Waals surface area contributed by atoms with Crippen LogP contribution in [0.25, 0.3) is 0 Å². The van der Waals surface area contributed by atoms with Crippen LogP contribution in [0, 0.1) is 18.8 Å². The number of allylic oxidation sites excluding steroid dienone is 2. The van der Waals surface area contributed by atoms with Crippen LogP contribution in [0.15, 0.2) is 40.4 Å². The van der Waals surface area contributed by atoms with E-state index >= 15 is 0 Å². The van der Waals surface area contributed by atoms with Gasteiger partial charge in [-0.05, 0) is 42.9 Å². The molecule has 5 heteroatoms. The molecule has 0 saturated heterocycles. The number of carbonyl (C=O) groups excluding carboxylic acids is 1. The summed E-state index contributed by atoms with van der Waals surface area (Å²) in [5.41, 5.74) is 2.47. The Morgan fingerprint density at radius 2 is 1.73 bits per heavy atom. The van der Waals surface area contributed by atoms with Gasteiger partial charge in [-0.25, -0.2) is 8.42 Å². The minimum Gasteiger partial charge on any atom is -0.292 e. The zero-order valence-electron chi connectivity index (χ0n) is 13.2. The summed E-state index contributed by atoms with van der Waals surface area (Å²) in [6.45, 7) is 6.40. The average Bonchev–Trinajstić information content (AvgIpc) is 2.76. The van der Waals surface area contributed by atoms with E-state index in [2.05, 4.69) is 6.92 Å². The zero-order valence-corrected chi connectivity index (χ0v) is 14.0. The Labute approximate surface area is 131 Å². The molecule has 4 nitrogen and oxygen atoms in total. The summed E-state index contributed by atoms with van der Waals surface area (Å²) in [5, 5.41) is 0. The van der Waals surface area contributed by atoms with E-state index in [4.69, 9.17) is 0 Å². The minimum atomic E-state index is -3.66. The smallest absolute Gasteiger partial charge is 0.264 e. The second-order valence-electron chi connectivity index (χ2n) is 6.41. The molecule has 0 fully saturated rings. The Kier molecular flexibility index (Phi) is 3.63. The van der Waals surface area contributed by atoms with Crippen LogP contribution in [0.1, 0.15) is 32.3 Å². The van der Waals surface area contributed by atoms with Gasteiger partial charge in [-0.1, -0.05) is 31.5 Å². The summed E-state index contributed by atoms with van der Waals surface area (Å²) < 4.78 is 27.2. The zero-order chi connectivity index (χ0) is 16.1. The first-order valence-corrected chi connectivity index (χ1v) is 9.13. The highest BCUT2D eigenvalue weighted by Crippen LogP contribution is 2.42. The fourth-order valence-corrected chi connectivity index (χ4v) is 5.07. The lowest BCUT2D eigenvalue weighted by molar-refractivity contribution is -0.116. The van der Waals surface area contributed by atoms with Crippen LogP contribution < -0.4 is 0 Å². The van der Waals surface area contributed by atoms with Crippen LogP contribution in [0.4, 0.5) is 0 Å². The second-order valence-corrected chi connectivity index (χ2v) is 8.27. The van der Waals surface area contributed by atoms with E-state index < -0.39 is 10.0 Å². The maximum absolute atomic E-state index is 12.9. The fourth-order valence-electron chi connectivity index (χ4n) is 3.54. The van der Waals surface area contributed by atoms with Crippen LogP contribution in [0.5, 0.6) is 0 Å². The van der Waals surface area contributed by atoms with Gasteiger partial charge >= 0.3 is 0 Å². The molecule has 22 heavy (non-hydrogen) atoms. The Morgan fingerprint density at radius 1 is 1.09 bits per heavy atom. The van der Waals surface area contributed by atoms with Crippen molar-refractivity contribution in [3.63, 3.8) is 0 Å². The molecule has 1 heterocycles. The molecule has 2 aliphatic rings. The number of ketones is 1. The molecule has 0 bridgehead atoms. The fraction of sp³-hybridized carbons (Fsp3) is 0.471. The van der Waals surface area contributed by atoms with Crippen molar-refractivity contribution in [3.8, 4) is 0 Å². The summed E-state index contributed by atoms with van der Waals surface area (Å²) in [6.07, 6.45) is 1.19. The Balaban J connectivity index is 2.09. The molecule has 1 aromatic rings. The highest BCUT2D eigenvalue weighted by molar-refractivity contribution is 7.89. The monoisotopic (exact) mass is 319 g/mol. The van der Waals surface area contributed by atoms with Gasteiger partial charge in [0.2, 0.25) is 0 Å². The van der Waals surface area contributed by atoms with Crippen molar-refractivity contribution in [2.24, 2.45) is 11.8 Å². The van der Waals surface area contributed by atoms with Gasteiger partial charge in [0.1, 0.15) is 0 Å². The van der Waals surface area contributed by atoms with E-state index in [1.54, 1.807) is 24.3 Å². The topological polar surface area (TPSA) is 54.5 Å². The number of hydrogen-bond acceptors (Lipinski definition) is 3. The first kappa shape index (κ1) is 15.3. The highest BCUT2D eigenvalue weighted by Gasteiger charge is 2.42. The quantitative estimate of drug-likeness (QED) is 0.842. The average molecular weight is 319 g/mol. The Bertz CT molecular complexity index is 747. The molecule has 3 rings (SSSR count). The molecule has 0 amide bonds. The van der Waals surface area contributed by atoms with Crippen LogP contribution in [0.3, 0.4) is 0 Å². The molecule has 118 valence electrons. The molecule has 0 saturated carbocycles. The van der Waals surface area contributed by atoms with E-state index in [9.17, 15) is 13.2 Å². The summed E-state index contributed by atoms with van der Waals surface area (Å²) >= 11 is 0. The minimum absolute atomic E-state index is 0.0373. The van der Waals surface area contributed by atoms with Gasteiger partial charge in [-0.3, -0.25) is 9.10 Å². The van der Waals surface area contributed by atoms with E-state index in [1.165, 1.54) is 4.31 Å². The number of benzene rings is 1. The van der Waals surface area contributed by atoms with Crippen molar-refractivity contribution in [2.45, 2.75) is 38.5 Å². The van der Waals surface area contributed by atoms with Crippen LogP contribution in [-0.4, -0.2) is 25.1 Å². The third kappa shape index (κ3) is 2.28. The molecule has 1 aliphatic heterocycles. The molecule has 0 radical (unpaired) electrons. The third-order valence-electron chi connectivity index (χ3n) is 4.71. The predicted molar refractivity (Wildman–Crippen MR) is 84.7 cm³/mol. The molecule has 1 aliphatic carbocycles. The second kappa shape index (κ2) is 5.23. The predicted octanol–water partition coefficient (Wildman–Crippen LogP) is 2.89. The first-order valence-electron chi connectivity index (χ1n) is 7.69. The first-order chi connectivity index (χ1) is 10.3. The number of hydrogen-bond donors (Lipinski definition) is 0. The normalized spacial score (nSPS) is 25.6. The van der Waals surface area contributed by atoms with Crippen LogP contribution in [0.2, 0.25) is 0 Å². The molecule has 0 aromatic heterocycles. The maximum atomic E-state index is 12.9. The van der Waals surface area contributed by atoms with Gasteiger partial charge < -0.3 is 0 Å². The lowest BCUT2D eigenvalue weighted by Gasteiger charge is -2.33. The number of rotatable bonds is 2. The van der Waals surface area contributed by atoms with E-state index in [0.29, 0.717) is 18.7 Å². The molecule has 0 N–H and O–H groups in total. The van der Waals surface area contributed by atoms with Gasteiger partial charge in [0.05, 0.1) is 10.6 Å². The number of aryl methyl sites for hydroxylation is 1. The van der Waals surface area contributed by atoms with E-state index in [0.717, 1.165) is 17.6 Å². The van der Waals surface area contributed by atoms with Crippen molar-refractivity contribution in [2.75, 3.05) is 6.54 Å². The van der Waals surface area contributed by atoms with Crippen molar-refractivity contribution in [1.82, 2.24) is 4.31 Å². The van der Waals surface area contributed by atoms with Crippen LogP contribution >= 0.6 is 0 Å². The van der Waals surface area contributed by atoms with Gasteiger partial charge in [0.15, 0.2) is 5.78 Å². The SMILES string of the molecule is Cc1ccc(S(=O)(=O)N2CC[C@@H](C)C3=C2C(=O)C[C@@H]3C)cc1. The lowest BCUT2D eigenvalue weighted by Crippen LogP contribution is -2.38. The summed E-state index contributed by atoms with van der Waals surface area (Å²) in [6, 6.07) is 6.80. The van der Waals surface area contributed by atoms with Crippen molar-refractivity contribution >= 4 is 15.8 Å². The van der Waals surface area contributed by atoms with Crippen molar-refractivity contribution in [1.29, 1.82) is 0 Å². The summed E-state index contributed by atoms with van der Waals surface area (Å²) in [4.78, 5) is 12.6. The van der Waals surface area contributed by atoms with E-state index in [-0.39, 0.29) is 22.5 Å². The standard InChI is InChI=1S/C17H21NO3S/c1-11-4-6-14(7-5-11)22(20,21)18-9-8-12(2)16-13(3)10-15(19)17(16)18/h4-7,12-13H,8-10H2,1-3H3/t12-,13+/m1/s1. The highest BCUT2D eigenvalue weighted by atomic mass is 32.2. The molecular formula is C17H21NO3S. The van der Waals surface area contributed by atoms with Gasteiger partial charge in [0.25, 0.3) is 10.0 Å². The van der Waals surface area contributed by atoms with Crippen LogP contribution in [-0.2, 0) is 14.8 Å². The van der Waals surface area contributed by atoms with Gasteiger partial charge in [0, 0.05) is 13.0 Å². The molecule has 2 atom stereocenters. The van der Waals surface area contributed by atoms with Gasteiger partial charge in [-0.15, -0.1) is 0 Å². The number of Topliss-reactive ketones (excluding diaryl/α,β-unsaturated/α-hetero) is 1. The van der Waals surface area contributed by atoms with Crippen molar-refractivity contribution < 1.29 is 13.2 Å². The molecule has 0 spiro atoms. The molecule has 1 aromatic carbocycles. The lowest BCUT2D eigenvalue weighted by atomic mass is 9.88. The largest absolute Gasteiger partial charge is 0.292 e. The number of carbonyl (C=O) groups is 1. The Morgan fingerprint density at radius 3 is 2.36 bits per heavy atom. The maximum Gasteiger partial charge on any atom is 0.264 e. The van der Waals surface area contributed by atoms with Gasteiger partial charge in [-0.2, -0.15) is 0 Å². The van der Waals surface area contributed by atoms with E-state index in [1.807, 2.05) is 13.8 Å². The number of nitrogens with zero attached hydrogens (tertiary/aromatic N) is 1. The molecular weight excluding hydrogens is 298 g/mol. The summed E-state index contributed by atoms with van der Waals surface area (Å²) in [7, 11) is -3.66. The molecule has 0 unspecified atom stereocenters. The number of sulfonamides is 1.